The lowest BCUT2D eigenvalue weighted by Crippen LogP contribution is -2.27. The number of rotatable bonds is 7. The molecule has 0 saturated carbocycles. The predicted octanol–water partition coefficient (Wildman–Crippen LogP) is 2.47. The van der Waals surface area contributed by atoms with Crippen molar-refractivity contribution in [1.82, 2.24) is 10.3 Å². The Bertz CT molecular complexity index is 302. The Morgan fingerprint density at radius 3 is 2.88 bits per heavy atom. The van der Waals surface area contributed by atoms with Crippen LogP contribution in [0.25, 0.3) is 0 Å². The summed E-state index contributed by atoms with van der Waals surface area (Å²) >= 11 is 0. The highest BCUT2D eigenvalue weighted by Gasteiger charge is 2.13. The van der Waals surface area contributed by atoms with E-state index in [2.05, 4.69) is 37.1 Å². The monoisotopic (exact) mass is 222 g/mol. The maximum absolute atomic E-state index is 5.60. The lowest BCUT2D eigenvalue weighted by Gasteiger charge is -2.19. The maximum Gasteiger partial charge on any atom is 0.0735 e. The molecule has 0 radical (unpaired) electrons. The number of pyridine rings is 1. The molecule has 0 fully saturated rings. The average Bonchev–Trinajstić information content (AvgIpc) is 2.29. The molecule has 0 aliphatic heterocycles. The van der Waals surface area contributed by atoms with Crippen LogP contribution in [0.2, 0.25) is 0 Å². The van der Waals surface area contributed by atoms with Crippen LogP contribution in [-0.2, 0) is 4.74 Å². The van der Waals surface area contributed by atoms with Crippen LogP contribution in [0.3, 0.4) is 0 Å². The highest BCUT2D eigenvalue weighted by Crippen LogP contribution is 2.14. The number of nitrogens with zero attached hydrogens (tertiary/aromatic N) is 1. The van der Waals surface area contributed by atoms with Crippen molar-refractivity contribution in [3.8, 4) is 0 Å². The average molecular weight is 222 g/mol. The third kappa shape index (κ3) is 3.91. The number of aryl methyl sites for hydroxylation is 1. The van der Waals surface area contributed by atoms with Gasteiger partial charge in [0.2, 0.25) is 0 Å². The van der Waals surface area contributed by atoms with Gasteiger partial charge in [0, 0.05) is 12.8 Å². The second-order valence-electron chi connectivity index (χ2n) is 3.89. The minimum atomic E-state index is 0.206. The van der Waals surface area contributed by atoms with E-state index in [-0.39, 0.29) is 6.04 Å². The number of hydrogen-bond donors (Lipinski definition) is 1. The normalized spacial score (nSPS) is 12.7. The summed E-state index contributed by atoms with van der Waals surface area (Å²) in [6, 6.07) is 4.26. The van der Waals surface area contributed by atoms with Gasteiger partial charge in [-0.2, -0.15) is 0 Å². The van der Waals surface area contributed by atoms with Crippen LogP contribution in [0, 0.1) is 6.92 Å². The van der Waals surface area contributed by atoms with Crippen molar-refractivity contribution in [1.29, 1.82) is 0 Å². The van der Waals surface area contributed by atoms with Crippen molar-refractivity contribution in [2.24, 2.45) is 0 Å². The third-order valence-electron chi connectivity index (χ3n) is 2.46. The van der Waals surface area contributed by atoms with Crippen molar-refractivity contribution in [2.75, 3.05) is 19.8 Å². The van der Waals surface area contributed by atoms with Crippen LogP contribution in [-0.4, -0.2) is 24.7 Å². The Morgan fingerprint density at radius 2 is 2.25 bits per heavy atom. The van der Waals surface area contributed by atoms with Crippen LogP contribution in [0.5, 0.6) is 0 Å². The van der Waals surface area contributed by atoms with Gasteiger partial charge in [0.25, 0.3) is 0 Å². The summed E-state index contributed by atoms with van der Waals surface area (Å²) in [5.74, 6) is 0. The topological polar surface area (TPSA) is 34.1 Å². The Balaban J connectivity index is 2.65. The van der Waals surface area contributed by atoms with E-state index in [4.69, 9.17) is 4.74 Å². The van der Waals surface area contributed by atoms with E-state index in [1.807, 2.05) is 12.3 Å². The van der Waals surface area contributed by atoms with E-state index in [9.17, 15) is 0 Å². The van der Waals surface area contributed by atoms with Gasteiger partial charge in [0.15, 0.2) is 0 Å². The summed E-state index contributed by atoms with van der Waals surface area (Å²) in [6.45, 7) is 8.75. The maximum atomic E-state index is 5.60. The second-order valence-corrected chi connectivity index (χ2v) is 3.89. The molecule has 0 aliphatic carbocycles. The number of nitrogens with one attached hydrogen (secondary N) is 1. The molecule has 0 aromatic carbocycles. The molecule has 0 spiro atoms. The zero-order valence-corrected chi connectivity index (χ0v) is 10.5. The molecule has 16 heavy (non-hydrogen) atoms. The molecule has 3 heteroatoms. The molecule has 1 aromatic heterocycles. The molecule has 1 unspecified atom stereocenters. The highest BCUT2D eigenvalue weighted by atomic mass is 16.5. The largest absolute Gasteiger partial charge is 0.379 e. The quantitative estimate of drug-likeness (QED) is 0.720. The standard InChI is InChI=1S/C13H22N2O/c1-4-9-16-10-12(14-5-2)13-11(3)7-6-8-15-13/h6-8,12,14H,4-5,9-10H2,1-3H3. The summed E-state index contributed by atoms with van der Waals surface area (Å²) in [4.78, 5) is 4.43. The molecule has 0 aliphatic rings. The molecule has 1 rings (SSSR count). The first-order valence-electron chi connectivity index (χ1n) is 6.02. The summed E-state index contributed by atoms with van der Waals surface area (Å²) in [5, 5.41) is 3.41. The predicted molar refractivity (Wildman–Crippen MR) is 66.5 cm³/mol. The summed E-state index contributed by atoms with van der Waals surface area (Å²) in [5.41, 5.74) is 2.31. The lowest BCUT2D eigenvalue weighted by molar-refractivity contribution is 0.111. The fraction of sp³-hybridized carbons (Fsp3) is 0.615. The number of hydrogen-bond acceptors (Lipinski definition) is 3. The zero-order valence-electron chi connectivity index (χ0n) is 10.5. The Kier molecular flexibility index (Phi) is 6.04. The molecule has 1 N–H and O–H groups in total. The molecule has 3 nitrogen and oxygen atoms in total. The van der Waals surface area contributed by atoms with E-state index in [1.54, 1.807) is 0 Å². The fourth-order valence-electron chi connectivity index (χ4n) is 1.69. The van der Waals surface area contributed by atoms with Gasteiger partial charge >= 0.3 is 0 Å². The molecule has 1 heterocycles. The zero-order chi connectivity index (χ0) is 11.8. The number of likely N-dealkylation sites (N-methyl/N-ethyl adjacent to an activating group) is 1. The fourth-order valence-corrected chi connectivity index (χ4v) is 1.69. The minimum Gasteiger partial charge on any atom is -0.379 e. The smallest absolute Gasteiger partial charge is 0.0735 e. The van der Waals surface area contributed by atoms with Crippen LogP contribution in [0.4, 0.5) is 0 Å². The van der Waals surface area contributed by atoms with Crippen LogP contribution >= 0.6 is 0 Å². The van der Waals surface area contributed by atoms with Gasteiger partial charge in [-0.25, -0.2) is 0 Å². The van der Waals surface area contributed by atoms with Gasteiger partial charge < -0.3 is 10.1 Å². The summed E-state index contributed by atoms with van der Waals surface area (Å²) in [7, 11) is 0. The van der Waals surface area contributed by atoms with Gasteiger partial charge in [-0.3, -0.25) is 4.98 Å². The van der Waals surface area contributed by atoms with Crippen molar-refractivity contribution >= 4 is 0 Å². The minimum absolute atomic E-state index is 0.206. The number of aromatic nitrogens is 1. The second kappa shape index (κ2) is 7.36. The Morgan fingerprint density at radius 1 is 1.44 bits per heavy atom. The molecule has 0 bridgehead atoms. The third-order valence-corrected chi connectivity index (χ3v) is 2.46. The van der Waals surface area contributed by atoms with Gasteiger partial charge in [0.1, 0.15) is 0 Å². The van der Waals surface area contributed by atoms with Crippen molar-refractivity contribution < 1.29 is 4.74 Å². The van der Waals surface area contributed by atoms with Gasteiger partial charge in [-0.05, 0) is 31.5 Å². The van der Waals surface area contributed by atoms with Crippen LogP contribution in [0.1, 0.15) is 37.6 Å². The van der Waals surface area contributed by atoms with Gasteiger partial charge in [-0.15, -0.1) is 0 Å². The van der Waals surface area contributed by atoms with Gasteiger partial charge in [0.05, 0.1) is 18.3 Å². The first-order chi connectivity index (χ1) is 7.79. The van der Waals surface area contributed by atoms with E-state index in [1.165, 1.54) is 5.56 Å². The van der Waals surface area contributed by atoms with Crippen molar-refractivity contribution in [3.63, 3.8) is 0 Å². The molecule has 0 saturated heterocycles. The van der Waals surface area contributed by atoms with E-state index in [0.717, 1.165) is 25.3 Å². The molecule has 1 aromatic rings. The number of ether oxygens (including phenoxy) is 1. The first kappa shape index (κ1) is 13.1. The van der Waals surface area contributed by atoms with Gasteiger partial charge in [-0.1, -0.05) is 19.9 Å². The molecule has 1 atom stereocenters. The first-order valence-corrected chi connectivity index (χ1v) is 6.02. The van der Waals surface area contributed by atoms with E-state index in [0.29, 0.717) is 6.61 Å². The molecular formula is C13H22N2O. The highest BCUT2D eigenvalue weighted by molar-refractivity contribution is 5.21. The summed E-state index contributed by atoms with van der Waals surface area (Å²) in [6.07, 6.45) is 2.90. The lowest BCUT2D eigenvalue weighted by atomic mass is 10.1. The van der Waals surface area contributed by atoms with E-state index < -0.39 is 0 Å². The molecular weight excluding hydrogens is 200 g/mol. The Labute approximate surface area is 98.2 Å². The summed E-state index contributed by atoms with van der Waals surface area (Å²) < 4.78 is 5.60. The van der Waals surface area contributed by atoms with Crippen molar-refractivity contribution in [3.05, 3.63) is 29.6 Å². The van der Waals surface area contributed by atoms with Crippen LogP contribution < -0.4 is 5.32 Å². The van der Waals surface area contributed by atoms with Crippen molar-refractivity contribution in [2.45, 2.75) is 33.2 Å². The van der Waals surface area contributed by atoms with E-state index >= 15 is 0 Å². The Hall–Kier alpha value is -0.930. The molecule has 0 amide bonds. The van der Waals surface area contributed by atoms with Crippen LogP contribution in [0.15, 0.2) is 18.3 Å². The SMILES string of the molecule is CCCOCC(NCC)c1ncccc1C. The molecule has 90 valence electrons.